The highest BCUT2D eigenvalue weighted by molar-refractivity contribution is 6.31. The Labute approximate surface area is 99.4 Å². The lowest BCUT2D eigenvalue weighted by Gasteiger charge is -2.33. The first-order valence-corrected chi connectivity index (χ1v) is 5.84. The van der Waals surface area contributed by atoms with E-state index in [1.165, 1.54) is 6.07 Å². The lowest BCUT2D eigenvalue weighted by atomic mass is 9.86. The van der Waals surface area contributed by atoms with Gasteiger partial charge < -0.3 is 10.4 Å². The second-order valence-corrected chi connectivity index (χ2v) is 4.76. The Bertz CT molecular complexity index is 357. The number of benzene rings is 1. The molecule has 0 unspecified atom stereocenters. The molecule has 1 aromatic carbocycles. The molecule has 0 aromatic heterocycles. The van der Waals surface area contributed by atoms with E-state index in [4.69, 9.17) is 11.6 Å². The summed E-state index contributed by atoms with van der Waals surface area (Å²) in [4.78, 5) is 0. The summed E-state index contributed by atoms with van der Waals surface area (Å²) < 4.78 is 13.6. The predicted octanol–water partition coefficient (Wildman–Crippen LogP) is 2.14. The van der Waals surface area contributed by atoms with Gasteiger partial charge in [-0.05, 0) is 38.1 Å². The molecule has 1 aromatic rings. The SMILES string of the molecule is OC1(Cc2c(F)cccc2Cl)CCNCC1. The van der Waals surface area contributed by atoms with Gasteiger partial charge in [-0.3, -0.25) is 0 Å². The van der Waals surface area contributed by atoms with Crippen LogP contribution in [0.25, 0.3) is 0 Å². The van der Waals surface area contributed by atoms with Crippen molar-refractivity contribution in [2.24, 2.45) is 0 Å². The monoisotopic (exact) mass is 243 g/mol. The molecule has 16 heavy (non-hydrogen) atoms. The van der Waals surface area contributed by atoms with E-state index in [-0.39, 0.29) is 5.82 Å². The third-order valence-electron chi connectivity index (χ3n) is 3.10. The summed E-state index contributed by atoms with van der Waals surface area (Å²) in [7, 11) is 0. The van der Waals surface area contributed by atoms with E-state index in [2.05, 4.69) is 5.32 Å². The molecule has 1 aliphatic rings. The van der Waals surface area contributed by atoms with Crippen LogP contribution >= 0.6 is 11.6 Å². The summed E-state index contributed by atoms with van der Waals surface area (Å²) in [6.07, 6.45) is 1.56. The van der Waals surface area contributed by atoms with Crippen molar-refractivity contribution in [2.75, 3.05) is 13.1 Å². The Morgan fingerprint density at radius 3 is 2.69 bits per heavy atom. The van der Waals surface area contributed by atoms with Gasteiger partial charge in [-0.25, -0.2) is 4.39 Å². The van der Waals surface area contributed by atoms with Crippen LogP contribution in [0.3, 0.4) is 0 Å². The zero-order chi connectivity index (χ0) is 11.6. The van der Waals surface area contributed by atoms with Crippen LogP contribution in [-0.2, 0) is 6.42 Å². The van der Waals surface area contributed by atoms with Crippen LogP contribution in [0.15, 0.2) is 18.2 Å². The van der Waals surface area contributed by atoms with Gasteiger partial charge in [-0.2, -0.15) is 0 Å². The number of halogens is 2. The number of rotatable bonds is 2. The van der Waals surface area contributed by atoms with Crippen LogP contribution in [-0.4, -0.2) is 23.8 Å². The molecule has 1 saturated heterocycles. The average molecular weight is 244 g/mol. The quantitative estimate of drug-likeness (QED) is 0.834. The average Bonchev–Trinajstić information content (AvgIpc) is 2.25. The fraction of sp³-hybridized carbons (Fsp3) is 0.500. The van der Waals surface area contributed by atoms with Crippen LogP contribution in [0.5, 0.6) is 0 Å². The fourth-order valence-corrected chi connectivity index (χ4v) is 2.33. The molecule has 1 aliphatic heterocycles. The number of aliphatic hydroxyl groups is 1. The first-order chi connectivity index (χ1) is 7.61. The molecule has 2 nitrogen and oxygen atoms in total. The van der Waals surface area contributed by atoms with Gasteiger partial charge in [-0.15, -0.1) is 0 Å². The summed E-state index contributed by atoms with van der Waals surface area (Å²) in [6.45, 7) is 1.53. The van der Waals surface area contributed by atoms with Crippen LogP contribution in [0, 0.1) is 5.82 Å². The first kappa shape index (κ1) is 11.8. The van der Waals surface area contributed by atoms with Gasteiger partial charge in [0.1, 0.15) is 5.82 Å². The Hall–Kier alpha value is -0.640. The Kier molecular flexibility index (Phi) is 3.47. The highest BCUT2D eigenvalue weighted by Gasteiger charge is 2.30. The standard InChI is InChI=1S/C12H15ClFNO/c13-10-2-1-3-11(14)9(10)8-12(16)4-6-15-7-5-12/h1-3,15-16H,4-8H2. The van der Waals surface area contributed by atoms with E-state index in [1.807, 2.05) is 0 Å². The van der Waals surface area contributed by atoms with E-state index >= 15 is 0 Å². The summed E-state index contributed by atoms with van der Waals surface area (Å²) >= 11 is 5.94. The van der Waals surface area contributed by atoms with Gasteiger partial charge in [0.15, 0.2) is 0 Å². The van der Waals surface area contributed by atoms with Crippen LogP contribution in [0.1, 0.15) is 18.4 Å². The topological polar surface area (TPSA) is 32.3 Å². The smallest absolute Gasteiger partial charge is 0.127 e. The van der Waals surface area contributed by atoms with E-state index in [9.17, 15) is 9.50 Å². The summed E-state index contributed by atoms with van der Waals surface area (Å²) in [5, 5.41) is 13.9. The molecule has 0 amide bonds. The van der Waals surface area contributed by atoms with Gasteiger partial charge in [-0.1, -0.05) is 17.7 Å². The maximum absolute atomic E-state index is 13.6. The van der Waals surface area contributed by atoms with Gasteiger partial charge in [0.05, 0.1) is 5.60 Å². The second kappa shape index (κ2) is 4.70. The number of hydrogen-bond donors (Lipinski definition) is 2. The van der Waals surface area contributed by atoms with Gasteiger partial charge in [0, 0.05) is 17.0 Å². The van der Waals surface area contributed by atoms with Crippen LogP contribution in [0.4, 0.5) is 4.39 Å². The maximum atomic E-state index is 13.6. The van der Waals surface area contributed by atoms with Gasteiger partial charge >= 0.3 is 0 Å². The first-order valence-electron chi connectivity index (χ1n) is 5.47. The van der Waals surface area contributed by atoms with Gasteiger partial charge in [0.25, 0.3) is 0 Å². The second-order valence-electron chi connectivity index (χ2n) is 4.35. The minimum Gasteiger partial charge on any atom is -0.389 e. The molecule has 2 N–H and O–H groups in total. The minimum absolute atomic E-state index is 0.292. The van der Waals surface area contributed by atoms with Crippen molar-refractivity contribution in [1.82, 2.24) is 5.32 Å². The number of hydrogen-bond acceptors (Lipinski definition) is 2. The van der Waals surface area contributed by atoms with Crippen molar-refractivity contribution in [3.8, 4) is 0 Å². The van der Waals surface area contributed by atoms with Crippen LogP contribution < -0.4 is 5.32 Å². The molecule has 1 fully saturated rings. The number of piperidine rings is 1. The maximum Gasteiger partial charge on any atom is 0.127 e. The van der Waals surface area contributed by atoms with E-state index in [0.29, 0.717) is 29.8 Å². The molecule has 0 aliphatic carbocycles. The van der Waals surface area contributed by atoms with Crippen molar-refractivity contribution in [3.63, 3.8) is 0 Å². The van der Waals surface area contributed by atoms with Gasteiger partial charge in [0.2, 0.25) is 0 Å². The Morgan fingerprint density at radius 1 is 1.38 bits per heavy atom. The zero-order valence-electron chi connectivity index (χ0n) is 8.97. The molecule has 1 heterocycles. The molecule has 0 bridgehead atoms. The third-order valence-corrected chi connectivity index (χ3v) is 3.46. The highest BCUT2D eigenvalue weighted by atomic mass is 35.5. The summed E-state index contributed by atoms with van der Waals surface area (Å²) in [5.74, 6) is -0.334. The fourth-order valence-electron chi connectivity index (χ4n) is 2.10. The molecule has 0 atom stereocenters. The molecule has 2 rings (SSSR count). The zero-order valence-corrected chi connectivity index (χ0v) is 9.73. The van der Waals surface area contributed by atoms with Crippen molar-refractivity contribution in [2.45, 2.75) is 24.9 Å². The Morgan fingerprint density at radius 2 is 2.06 bits per heavy atom. The molecular weight excluding hydrogens is 229 g/mol. The molecule has 0 saturated carbocycles. The van der Waals surface area contributed by atoms with E-state index < -0.39 is 5.60 Å². The molecule has 4 heteroatoms. The third kappa shape index (κ3) is 2.54. The van der Waals surface area contributed by atoms with E-state index in [0.717, 1.165) is 13.1 Å². The number of nitrogens with one attached hydrogen (secondary N) is 1. The minimum atomic E-state index is -0.822. The molecule has 0 spiro atoms. The Balaban J connectivity index is 2.19. The predicted molar refractivity (Wildman–Crippen MR) is 62.2 cm³/mol. The summed E-state index contributed by atoms with van der Waals surface area (Å²) in [5.41, 5.74) is -0.398. The van der Waals surface area contributed by atoms with Crippen molar-refractivity contribution in [3.05, 3.63) is 34.6 Å². The highest BCUT2D eigenvalue weighted by Crippen LogP contribution is 2.28. The van der Waals surface area contributed by atoms with Crippen molar-refractivity contribution in [1.29, 1.82) is 0 Å². The summed E-state index contributed by atoms with van der Waals surface area (Å²) in [6, 6.07) is 4.61. The molecule has 88 valence electrons. The van der Waals surface area contributed by atoms with Crippen molar-refractivity contribution >= 4 is 11.6 Å². The van der Waals surface area contributed by atoms with Crippen molar-refractivity contribution < 1.29 is 9.50 Å². The lowest BCUT2D eigenvalue weighted by Crippen LogP contribution is -2.43. The largest absolute Gasteiger partial charge is 0.389 e. The lowest BCUT2D eigenvalue weighted by molar-refractivity contribution is 0.0102. The normalized spacial score (nSPS) is 19.7. The van der Waals surface area contributed by atoms with E-state index in [1.54, 1.807) is 12.1 Å². The molecular formula is C12H15ClFNO. The van der Waals surface area contributed by atoms with Crippen LogP contribution in [0.2, 0.25) is 5.02 Å². The molecule has 0 radical (unpaired) electrons.